The lowest BCUT2D eigenvalue weighted by Crippen LogP contribution is -2.07. The summed E-state index contributed by atoms with van der Waals surface area (Å²) in [5.74, 6) is -0.263. The van der Waals surface area contributed by atoms with Gasteiger partial charge in [0.25, 0.3) is 12.1 Å². The molecule has 1 aromatic carbocycles. The Balaban J connectivity index is 3.13. The van der Waals surface area contributed by atoms with Crippen LogP contribution in [0.15, 0.2) is 18.2 Å². The number of Topliss-reactive ketones (excluding diaryl/α,β-unsaturated/α-hetero) is 1. The molecular weight excluding hydrogens is 300 g/mol. The maximum Gasteiger partial charge on any atom is 0.269 e. The fraction of sp³-hybridized carbons (Fsp3) is 0.300. The molecule has 1 rings (SSSR count). The molecule has 0 fully saturated rings. The molecule has 0 saturated carbocycles. The van der Waals surface area contributed by atoms with Gasteiger partial charge in [-0.1, -0.05) is 22.0 Å². The van der Waals surface area contributed by atoms with Crippen LogP contribution in [-0.4, -0.2) is 16.0 Å². The Bertz CT molecular complexity index is 451. The standard InChI is InChI=1S/C10H8BrF2NO3/c11-5-8(15)3-6-1-2-7(14(16)17)4-9(6)10(12)13/h1-2,4,10H,3,5H2. The predicted octanol–water partition coefficient (Wildman–Crippen LogP) is 3.04. The van der Waals surface area contributed by atoms with E-state index in [1.807, 2.05) is 0 Å². The highest BCUT2D eigenvalue weighted by Crippen LogP contribution is 2.27. The van der Waals surface area contributed by atoms with Gasteiger partial charge in [0.15, 0.2) is 0 Å². The van der Waals surface area contributed by atoms with Gasteiger partial charge in [0.2, 0.25) is 0 Å². The highest BCUT2D eigenvalue weighted by molar-refractivity contribution is 9.09. The monoisotopic (exact) mass is 307 g/mol. The molecule has 0 aliphatic heterocycles. The number of rotatable bonds is 5. The van der Waals surface area contributed by atoms with E-state index in [0.29, 0.717) is 0 Å². The number of carbonyl (C=O) groups excluding carboxylic acids is 1. The number of carbonyl (C=O) groups is 1. The summed E-state index contributed by atoms with van der Waals surface area (Å²) in [6.45, 7) is 0. The van der Waals surface area contributed by atoms with E-state index in [9.17, 15) is 23.7 Å². The van der Waals surface area contributed by atoms with Gasteiger partial charge in [0, 0.05) is 24.1 Å². The number of ketones is 1. The SMILES string of the molecule is O=C(CBr)Cc1ccc([N+](=O)[O-])cc1C(F)F. The lowest BCUT2D eigenvalue weighted by molar-refractivity contribution is -0.385. The molecule has 0 amide bonds. The van der Waals surface area contributed by atoms with E-state index in [1.165, 1.54) is 6.07 Å². The Morgan fingerprint density at radius 3 is 2.59 bits per heavy atom. The minimum atomic E-state index is -2.84. The van der Waals surface area contributed by atoms with Crippen LogP contribution >= 0.6 is 15.9 Å². The number of benzene rings is 1. The van der Waals surface area contributed by atoms with E-state index in [0.717, 1.165) is 12.1 Å². The van der Waals surface area contributed by atoms with Gasteiger partial charge in [-0.3, -0.25) is 14.9 Å². The average Bonchev–Trinajstić information content (AvgIpc) is 2.28. The number of halogens is 3. The molecule has 0 radical (unpaired) electrons. The van der Waals surface area contributed by atoms with E-state index in [4.69, 9.17) is 0 Å². The van der Waals surface area contributed by atoms with Gasteiger partial charge in [0.05, 0.1) is 10.3 Å². The molecule has 7 heteroatoms. The van der Waals surface area contributed by atoms with Crippen molar-refractivity contribution in [2.45, 2.75) is 12.8 Å². The van der Waals surface area contributed by atoms with Crippen molar-refractivity contribution in [3.05, 3.63) is 39.4 Å². The van der Waals surface area contributed by atoms with Crippen LogP contribution in [0.4, 0.5) is 14.5 Å². The van der Waals surface area contributed by atoms with Crippen LogP contribution in [0, 0.1) is 10.1 Å². The van der Waals surface area contributed by atoms with Gasteiger partial charge in [-0.05, 0) is 5.56 Å². The molecule has 0 aliphatic rings. The molecule has 0 atom stereocenters. The topological polar surface area (TPSA) is 60.2 Å². The minimum absolute atomic E-state index is 0.0622. The average molecular weight is 308 g/mol. The Hall–Kier alpha value is -1.37. The molecule has 0 aliphatic carbocycles. The van der Waals surface area contributed by atoms with Gasteiger partial charge >= 0.3 is 0 Å². The Morgan fingerprint density at radius 2 is 2.12 bits per heavy atom. The fourth-order valence-electron chi connectivity index (χ4n) is 1.32. The second kappa shape index (κ2) is 5.81. The van der Waals surface area contributed by atoms with Crippen molar-refractivity contribution in [2.24, 2.45) is 0 Å². The molecule has 0 bridgehead atoms. The number of nitro groups is 1. The molecule has 0 unspecified atom stereocenters. The lowest BCUT2D eigenvalue weighted by Gasteiger charge is -2.07. The summed E-state index contributed by atoms with van der Waals surface area (Å²) in [5, 5.41) is 10.5. The van der Waals surface area contributed by atoms with Crippen molar-refractivity contribution in [2.75, 3.05) is 5.33 Å². The van der Waals surface area contributed by atoms with E-state index < -0.39 is 22.6 Å². The molecule has 1 aromatic rings. The van der Waals surface area contributed by atoms with Gasteiger partial charge in [-0.25, -0.2) is 8.78 Å². The quantitative estimate of drug-likeness (QED) is 0.477. The summed E-state index contributed by atoms with van der Waals surface area (Å²) in [4.78, 5) is 20.9. The summed E-state index contributed by atoms with van der Waals surface area (Å²) in [7, 11) is 0. The van der Waals surface area contributed by atoms with Crippen molar-refractivity contribution in [3.63, 3.8) is 0 Å². The molecular formula is C10H8BrF2NO3. The zero-order valence-electron chi connectivity index (χ0n) is 8.53. The van der Waals surface area contributed by atoms with E-state index in [1.54, 1.807) is 0 Å². The maximum atomic E-state index is 12.7. The van der Waals surface area contributed by atoms with E-state index >= 15 is 0 Å². The van der Waals surface area contributed by atoms with Crippen molar-refractivity contribution in [1.29, 1.82) is 0 Å². The molecule has 0 N–H and O–H groups in total. The summed E-state index contributed by atoms with van der Waals surface area (Å²) in [5.41, 5.74) is -0.751. The molecule has 17 heavy (non-hydrogen) atoms. The second-order valence-corrected chi connectivity index (χ2v) is 3.85. The number of hydrogen-bond acceptors (Lipinski definition) is 3. The van der Waals surface area contributed by atoms with Crippen molar-refractivity contribution >= 4 is 27.4 Å². The summed E-state index contributed by atoms with van der Waals surface area (Å²) in [6, 6.07) is 3.12. The zero-order chi connectivity index (χ0) is 13.0. The Kier molecular flexibility index (Phi) is 4.68. The predicted molar refractivity (Wildman–Crippen MR) is 60.6 cm³/mol. The Morgan fingerprint density at radius 1 is 1.47 bits per heavy atom. The van der Waals surface area contributed by atoms with Crippen LogP contribution in [0.25, 0.3) is 0 Å². The second-order valence-electron chi connectivity index (χ2n) is 3.29. The van der Waals surface area contributed by atoms with Gasteiger partial charge in [-0.2, -0.15) is 0 Å². The molecule has 4 nitrogen and oxygen atoms in total. The number of non-ortho nitro benzene ring substituents is 1. The highest BCUT2D eigenvalue weighted by Gasteiger charge is 2.19. The number of nitro benzene ring substituents is 1. The summed E-state index contributed by atoms with van der Waals surface area (Å²) in [6.07, 6.45) is -3.00. The summed E-state index contributed by atoms with van der Waals surface area (Å²) >= 11 is 2.93. The number of hydrogen-bond donors (Lipinski definition) is 0. The first kappa shape index (κ1) is 13.7. The smallest absolute Gasteiger partial charge is 0.269 e. The van der Waals surface area contributed by atoms with Crippen LogP contribution < -0.4 is 0 Å². The summed E-state index contributed by atoms with van der Waals surface area (Å²) < 4.78 is 25.4. The molecule has 92 valence electrons. The third-order valence-electron chi connectivity index (χ3n) is 2.11. The minimum Gasteiger partial charge on any atom is -0.298 e. The van der Waals surface area contributed by atoms with Crippen LogP contribution in [0.1, 0.15) is 17.6 Å². The van der Waals surface area contributed by atoms with Crippen molar-refractivity contribution < 1.29 is 18.5 Å². The molecule has 0 aromatic heterocycles. The van der Waals surface area contributed by atoms with Crippen molar-refractivity contribution in [1.82, 2.24) is 0 Å². The van der Waals surface area contributed by atoms with Crippen LogP contribution in [0.3, 0.4) is 0 Å². The molecule has 0 saturated heterocycles. The van der Waals surface area contributed by atoms with E-state index in [2.05, 4.69) is 15.9 Å². The van der Waals surface area contributed by atoms with Crippen LogP contribution in [0.2, 0.25) is 0 Å². The normalized spacial score (nSPS) is 10.6. The third-order valence-corrected chi connectivity index (χ3v) is 2.74. The van der Waals surface area contributed by atoms with Crippen LogP contribution in [-0.2, 0) is 11.2 Å². The third kappa shape index (κ3) is 3.55. The van der Waals surface area contributed by atoms with Crippen molar-refractivity contribution in [3.8, 4) is 0 Å². The molecule has 0 heterocycles. The zero-order valence-corrected chi connectivity index (χ0v) is 10.1. The first-order valence-electron chi connectivity index (χ1n) is 4.58. The van der Waals surface area contributed by atoms with E-state index in [-0.39, 0.29) is 23.1 Å². The largest absolute Gasteiger partial charge is 0.298 e. The first-order valence-corrected chi connectivity index (χ1v) is 5.71. The van der Waals surface area contributed by atoms with Gasteiger partial charge in [0.1, 0.15) is 5.78 Å². The highest BCUT2D eigenvalue weighted by atomic mass is 79.9. The lowest BCUT2D eigenvalue weighted by atomic mass is 10.0. The first-order chi connectivity index (χ1) is 7.95. The van der Waals surface area contributed by atoms with Crippen LogP contribution in [0.5, 0.6) is 0 Å². The molecule has 0 spiro atoms. The fourth-order valence-corrected chi connectivity index (χ4v) is 1.52. The number of alkyl halides is 3. The Labute approximate surface area is 104 Å². The van der Waals surface area contributed by atoms with Gasteiger partial charge in [-0.15, -0.1) is 0 Å². The number of nitrogens with zero attached hydrogens (tertiary/aromatic N) is 1. The van der Waals surface area contributed by atoms with Gasteiger partial charge < -0.3 is 0 Å². The maximum absolute atomic E-state index is 12.7.